The Bertz CT molecular complexity index is 49.5. The third-order valence-electron chi connectivity index (χ3n) is 0.298. The summed E-state index contributed by atoms with van der Waals surface area (Å²) in [7, 11) is 10.6. The van der Waals surface area contributed by atoms with Crippen molar-refractivity contribution in [1.82, 2.24) is 0 Å². The molecule has 1 nitrogen and oxygen atoms in total. The molecule has 0 aromatic heterocycles. The van der Waals surface area contributed by atoms with Gasteiger partial charge < -0.3 is 0 Å². The molecule has 0 N–H and O–H groups in total. The van der Waals surface area contributed by atoms with Crippen LogP contribution < -0.4 is 0 Å². The second kappa shape index (κ2) is 5.26. The molecule has 0 rings (SSSR count). The Hall–Kier alpha value is 2.12. The molecule has 0 saturated heterocycles. The molecule has 0 spiro atoms. The van der Waals surface area contributed by atoms with Crippen molar-refractivity contribution < 1.29 is 51.5 Å². The standard InChI is InChI=1S/CO.2ClH.2Hg/c1-2;;;;/h;2*1H;;/q;;;2*+1/p-2. The maximum absolute atomic E-state index is 10.1. The van der Waals surface area contributed by atoms with E-state index in [1.165, 1.54) is 0 Å². The summed E-state index contributed by atoms with van der Waals surface area (Å²) in [4.78, 5) is 10.1. The van der Waals surface area contributed by atoms with Crippen LogP contribution in [-0.2, 0) is 46.7 Å². The first-order chi connectivity index (χ1) is 2.81. The summed E-state index contributed by atoms with van der Waals surface area (Å²) in [6, 6.07) is 0. The van der Waals surface area contributed by atoms with Gasteiger partial charge in [-0.1, -0.05) is 0 Å². The Kier molecular flexibility index (Phi) is 7.12. The van der Waals surface area contributed by atoms with Gasteiger partial charge in [-0.3, -0.25) is 0 Å². The van der Waals surface area contributed by atoms with Crippen LogP contribution in [0, 0.1) is 0 Å². The maximum atomic E-state index is 10.1. The third-order valence-corrected chi connectivity index (χ3v) is 46.5. The van der Waals surface area contributed by atoms with Crippen molar-refractivity contribution in [1.29, 1.82) is 0 Å². The molecule has 0 aliphatic rings. The Morgan fingerprint density at radius 2 is 1.67 bits per heavy atom. The molecule has 0 aromatic rings. The molecule has 28 valence electrons. The van der Waals surface area contributed by atoms with Crippen molar-refractivity contribution in [3.05, 3.63) is 0 Å². The summed E-state index contributed by atoms with van der Waals surface area (Å²) in [5.74, 6) is 0. The summed E-state index contributed by atoms with van der Waals surface area (Å²) in [5.41, 5.74) is 0. The zero-order chi connectivity index (χ0) is 4.99. The van der Waals surface area contributed by atoms with Gasteiger partial charge in [0.25, 0.3) is 0 Å². The monoisotopic (exact) mass is 502 g/mol. The van der Waals surface area contributed by atoms with Crippen molar-refractivity contribution in [3.63, 3.8) is 0 Å². The first kappa shape index (κ1) is 8.12. The van der Waals surface area contributed by atoms with Gasteiger partial charge in [-0.2, -0.15) is 0 Å². The number of hydrogen-bond donors (Lipinski definition) is 0. The van der Waals surface area contributed by atoms with E-state index in [2.05, 4.69) is 0 Å². The van der Waals surface area contributed by atoms with Crippen LogP contribution in [0.15, 0.2) is 0 Å². The molecule has 0 heterocycles. The number of halogens is 2. The first-order valence-corrected chi connectivity index (χ1v) is 20.5. The zero-order valence-corrected chi connectivity index (χ0v) is 15.6. The molecule has 0 radical (unpaired) electrons. The van der Waals surface area contributed by atoms with Gasteiger partial charge in [-0.25, -0.2) is 0 Å². The summed E-state index contributed by atoms with van der Waals surface area (Å²) in [6.45, 7) is 0. The van der Waals surface area contributed by atoms with Gasteiger partial charge in [-0.05, 0) is 0 Å². The molecule has 0 atom stereocenters. The summed E-state index contributed by atoms with van der Waals surface area (Å²) in [5, 5.41) is 0. The van der Waals surface area contributed by atoms with Gasteiger partial charge in [0.05, 0.1) is 0 Å². The van der Waals surface area contributed by atoms with Crippen LogP contribution in [-0.4, -0.2) is 0.801 Å². The van der Waals surface area contributed by atoms with E-state index in [0.717, 1.165) is 0 Å². The SMILES string of the molecule is O=[C]([Hg][Cl])[Hg][Cl]. The van der Waals surface area contributed by atoms with Crippen molar-refractivity contribution in [2.24, 2.45) is 0 Å². The van der Waals surface area contributed by atoms with Gasteiger partial charge in [0, 0.05) is 0 Å². The molecule has 0 saturated carbocycles. The molecule has 6 heavy (non-hydrogen) atoms. The fraction of sp³-hybridized carbons (Fsp3) is 0. The number of carbonyl (C=O) groups is 1. The minimum absolute atomic E-state index is 0.318. The second-order valence-electron chi connectivity index (χ2n) is 0.806. The van der Waals surface area contributed by atoms with Crippen molar-refractivity contribution in [2.45, 2.75) is 0 Å². The first-order valence-electron chi connectivity index (χ1n) is 1.45. The van der Waals surface area contributed by atoms with Gasteiger partial charge >= 0.3 is 68.8 Å². The van der Waals surface area contributed by atoms with Crippen LogP contribution in [0.3, 0.4) is 0 Å². The predicted octanol–water partition coefficient (Wildman–Crippen LogP) is 1.58. The fourth-order valence-electron chi connectivity index (χ4n) is 0.0357. The Labute approximate surface area is 67.5 Å². The summed E-state index contributed by atoms with van der Waals surface area (Å²) >= 11 is -2.91. The van der Waals surface area contributed by atoms with E-state index in [1.807, 2.05) is 0 Å². The van der Waals surface area contributed by atoms with Crippen LogP contribution in [0.25, 0.3) is 0 Å². The molecule has 0 bridgehead atoms. The van der Waals surface area contributed by atoms with Crippen molar-refractivity contribution in [3.8, 4) is 0 Å². The van der Waals surface area contributed by atoms with Crippen molar-refractivity contribution >= 4 is 17.3 Å². The van der Waals surface area contributed by atoms with Crippen LogP contribution in [0.2, 0.25) is 0 Å². The van der Waals surface area contributed by atoms with Crippen LogP contribution in [0.4, 0.5) is 4.79 Å². The Balaban J connectivity index is 2.99. The zero-order valence-electron chi connectivity index (χ0n) is 3.08. The predicted molar refractivity (Wildman–Crippen MR) is 17.1 cm³/mol. The van der Waals surface area contributed by atoms with E-state index in [-0.39, 0.29) is 0 Å². The molecule has 0 aliphatic carbocycles. The van der Waals surface area contributed by atoms with Gasteiger partial charge in [0.2, 0.25) is 0 Å². The molecule has 0 unspecified atom stereocenters. The van der Waals surface area contributed by atoms with Gasteiger partial charge in [0.15, 0.2) is 0 Å². The molecule has 0 fully saturated rings. The van der Waals surface area contributed by atoms with E-state index in [1.54, 1.807) is 0 Å². The minimum atomic E-state index is -1.46. The van der Waals surface area contributed by atoms with Crippen LogP contribution >= 0.6 is 16.5 Å². The van der Waals surface area contributed by atoms with E-state index in [9.17, 15) is 4.79 Å². The van der Waals surface area contributed by atoms with Crippen LogP contribution in [0.5, 0.6) is 0 Å². The summed E-state index contributed by atoms with van der Waals surface area (Å²) < 4.78 is 0.318. The second-order valence-corrected chi connectivity index (χ2v) is 28.8. The van der Waals surface area contributed by atoms with Crippen LogP contribution in [0.1, 0.15) is 0 Å². The topological polar surface area (TPSA) is 17.1 Å². The molecule has 0 aromatic carbocycles. The average molecular weight is 500 g/mol. The molecular weight excluding hydrogens is 500 g/mol. The number of rotatable bonds is 2. The molecular formula is CCl2Hg2O. The molecule has 5 heteroatoms. The van der Waals surface area contributed by atoms with Gasteiger partial charge in [-0.15, -0.1) is 0 Å². The third kappa shape index (κ3) is 4.28. The quantitative estimate of drug-likeness (QED) is 0.527. The van der Waals surface area contributed by atoms with Gasteiger partial charge in [0.1, 0.15) is 0 Å². The van der Waals surface area contributed by atoms with E-state index in [0.29, 0.717) is 0.801 Å². The summed E-state index contributed by atoms with van der Waals surface area (Å²) in [6.07, 6.45) is 0. The fourth-order valence-corrected chi connectivity index (χ4v) is 24.8. The molecule has 0 aliphatic heterocycles. The average Bonchev–Trinajstić information content (AvgIpc) is 1.65. The van der Waals surface area contributed by atoms with Crippen molar-refractivity contribution in [2.75, 3.05) is 0 Å². The molecule has 0 amide bonds. The van der Waals surface area contributed by atoms with E-state index >= 15 is 0 Å². The normalized spacial score (nSPS) is 5.67. The van der Waals surface area contributed by atoms with E-state index < -0.39 is 46.7 Å². The Morgan fingerprint density at radius 1 is 1.33 bits per heavy atom. The van der Waals surface area contributed by atoms with E-state index in [4.69, 9.17) is 16.5 Å². The Morgan fingerprint density at radius 3 is 1.67 bits per heavy atom. The number of carbonyl (C=O) groups excluding carboxylic acids is 1. The number of hydrogen-bond acceptors (Lipinski definition) is 1.